The van der Waals surface area contributed by atoms with Gasteiger partial charge in [0.1, 0.15) is 5.60 Å². The Morgan fingerprint density at radius 3 is 2.71 bits per heavy atom. The molecule has 92 valence electrons. The third kappa shape index (κ3) is 4.44. The van der Waals surface area contributed by atoms with E-state index in [-0.39, 0.29) is 0 Å². The molecule has 1 aromatic rings. The molecule has 0 aliphatic rings. The van der Waals surface area contributed by atoms with Gasteiger partial charge in [-0.1, -0.05) is 18.2 Å². The van der Waals surface area contributed by atoms with E-state index in [9.17, 15) is 4.79 Å². The topological polar surface area (TPSA) is 51.2 Å². The Bertz CT molecular complexity index is 439. The maximum Gasteiger partial charge on any atom is 0.412 e. The largest absolute Gasteiger partial charge is 0.444 e. The summed E-state index contributed by atoms with van der Waals surface area (Å²) in [5.74, 6) is 0. The molecule has 1 rings (SSSR count). The minimum atomic E-state index is -0.540. The van der Waals surface area contributed by atoms with E-state index in [0.717, 1.165) is 0 Å². The van der Waals surface area contributed by atoms with E-state index in [1.54, 1.807) is 32.9 Å². The number of pyridine rings is 1. The van der Waals surface area contributed by atoms with Gasteiger partial charge < -0.3 is 4.74 Å². The number of aromatic nitrogens is 1. The molecule has 0 fully saturated rings. The third-order valence-corrected chi connectivity index (χ3v) is 2.01. The van der Waals surface area contributed by atoms with Gasteiger partial charge >= 0.3 is 6.09 Å². The van der Waals surface area contributed by atoms with Crippen LogP contribution < -0.4 is 5.32 Å². The summed E-state index contributed by atoms with van der Waals surface area (Å²) in [6, 6.07) is 1.59. The van der Waals surface area contributed by atoms with Gasteiger partial charge in [-0.2, -0.15) is 0 Å². The highest BCUT2D eigenvalue weighted by molar-refractivity contribution is 6.32. The van der Waals surface area contributed by atoms with Gasteiger partial charge in [0.15, 0.2) is 0 Å². The number of nitrogens with zero attached hydrogens (tertiary/aromatic N) is 1. The van der Waals surface area contributed by atoms with E-state index < -0.39 is 11.7 Å². The summed E-state index contributed by atoms with van der Waals surface area (Å²) in [5, 5.41) is 2.97. The zero-order valence-corrected chi connectivity index (χ0v) is 10.8. The Labute approximate surface area is 106 Å². The van der Waals surface area contributed by atoms with Gasteiger partial charge in [-0.25, -0.2) is 4.79 Å². The highest BCUT2D eigenvalue weighted by Crippen LogP contribution is 2.19. The molecule has 0 saturated carbocycles. The van der Waals surface area contributed by atoms with Crippen molar-refractivity contribution in [3.63, 3.8) is 0 Å². The first-order valence-electron chi connectivity index (χ1n) is 5.10. The molecule has 0 spiro atoms. The lowest BCUT2D eigenvalue weighted by Gasteiger charge is -2.19. The third-order valence-electron chi connectivity index (χ3n) is 1.71. The first kappa shape index (κ1) is 13.5. The van der Waals surface area contributed by atoms with Crippen LogP contribution in [0.2, 0.25) is 5.02 Å². The van der Waals surface area contributed by atoms with Crippen molar-refractivity contribution in [2.75, 3.05) is 5.32 Å². The highest BCUT2D eigenvalue weighted by atomic mass is 35.5. The van der Waals surface area contributed by atoms with Crippen LogP contribution in [0.4, 0.5) is 10.5 Å². The van der Waals surface area contributed by atoms with Crippen molar-refractivity contribution >= 4 is 29.5 Å². The van der Waals surface area contributed by atoms with Crippen LogP contribution in [0.1, 0.15) is 26.5 Å². The number of rotatable bonds is 2. The maximum atomic E-state index is 11.5. The average Bonchev–Trinajstić information content (AvgIpc) is 2.14. The van der Waals surface area contributed by atoms with Crippen LogP contribution in [0.5, 0.6) is 0 Å². The molecule has 0 unspecified atom stereocenters. The van der Waals surface area contributed by atoms with Crippen LogP contribution >= 0.6 is 11.6 Å². The van der Waals surface area contributed by atoms with Gasteiger partial charge in [0.25, 0.3) is 0 Å². The van der Waals surface area contributed by atoms with E-state index in [0.29, 0.717) is 16.4 Å². The predicted molar refractivity (Wildman–Crippen MR) is 69.2 cm³/mol. The molecule has 1 aromatic heterocycles. The van der Waals surface area contributed by atoms with Crippen molar-refractivity contribution in [1.29, 1.82) is 0 Å². The van der Waals surface area contributed by atoms with Gasteiger partial charge in [-0.15, -0.1) is 0 Å². The quantitative estimate of drug-likeness (QED) is 0.875. The number of amides is 1. The molecule has 0 bridgehead atoms. The molecule has 0 aliphatic carbocycles. The fraction of sp³-hybridized carbons (Fsp3) is 0.333. The smallest absolute Gasteiger partial charge is 0.412 e. The van der Waals surface area contributed by atoms with Crippen molar-refractivity contribution in [2.24, 2.45) is 0 Å². The number of carbonyl (C=O) groups is 1. The highest BCUT2D eigenvalue weighted by Gasteiger charge is 2.16. The van der Waals surface area contributed by atoms with E-state index in [4.69, 9.17) is 16.3 Å². The lowest BCUT2D eigenvalue weighted by atomic mass is 10.2. The molecule has 1 heterocycles. The zero-order valence-electron chi connectivity index (χ0n) is 10.1. The maximum absolute atomic E-state index is 11.5. The van der Waals surface area contributed by atoms with Gasteiger partial charge in [0.05, 0.1) is 22.6 Å². The summed E-state index contributed by atoms with van der Waals surface area (Å²) in [5.41, 5.74) is 0.513. The van der Waals surface area contributed by atoms with Crippen molar-refractivity contribution in [1.82, 2.24) is 4.98 Å². The van der Waals surface area contributed by atoms with Crippen LogP contribution in [-0.4, -0.2) is 16.7 Å². The van der Waals surface area contributed by atoms with Crippen molar-refractivity contribution in [2.45, 2.75) is 26.4 Å². The summed E-state index contributed by atoms with van der Waals surface area (Å²) in [6.07, 6.45) is 2.49. The van der Waals surface area contributed by atoms with Gasteiger partial charge in [0.2, 0.25) is 0 Å². The lowest BCUT2D eigenvalue weighted by Crippen LogP contribution is -2.27. The standard InChI is InChI=1S/C12H15ClN2O2/c1-5-10-9(13)6-8(7-14-10)15-11(16)17-12(2,3)4/h5-7H,1H2,2-4H3,(H,15,16). The number of hydrogen-bond donors (Lipinski definition) is 1. The van der Waals surface area contributed by atoms with Crippen LogP contribution in [0, 0.1) is 0 Å². The van der Waals surface area contributed by atoms with E-state index in [1.807, 2.05) is 0 Å². The SMILES string of the molecule is C=Cc1ncc(NC(=O)OC(C)(C)C)cc1Cl. The second-order valence-electron chi connectivity index (χ2n) is 4.42. The first-order chi connectivity index (χ1) is 7.81. The monoisotopic (exact) mass is 254 g/mol. The number of halogens is 1. The second-order valence-corrected chi connectivity index (χ2v) is 4.83. The Balaban J connectivity index is 2.73. The predicted octanol–water partition coefficient (Wildman–Crippen LogP) is 3.73. The fourth-order valence-electron chi connectivity index (χ4n) is 1.09. The Hall–Kier alpha value is -1.55. The zero-order chi connectivity index (χ0) is 13.1. The molecule has 0 radical (unpaired) electrons. The molecule has 0 saturated heterocycles. The second kappa shape index (κ2) is 5.19. The molecule has 1 amide bonds. The fourth-order valence-corrected chi connectivity index (χ4v) is 1.33. The Kier molecular flexibility index (Phi) is 4.12. The van der Waals surface area contributed by atoms with Gasteiger partial charge in [-0.3, -0.25) is 10.3 Å². The minimum absolute atomic E-state index is 0.425. The molecule has 0 aliphatic heterocycles. The van der Waals surface area contributed by atoms with Crippen molar-refractivity contribution in [3.05, 3.63) is 29.6 Å². The van der Waals surface area contributed by atoms with E-state index in [1.165, 1.54) is 6.20 Å². The number of carbonyl (C=O) groups excluding carboxylic acids is 1. The summed E-state index contributed by atoms with van der Waals surface area (Å²) in [6.45, 7) is 8.94. The normalized spacial score (nSPS) is 10.8. The molecule has 17 heavy (non-hydrogen) atoms. The van der Waals surface area contributed by atoms with Crippen LogP contribution in [-0.2, 0) is 4.74 Å². The van der Waals surface area contributed by atoms with Crippen molar-refractivity contribution in [3.8, 4) is 0 Å². The van der Waals surface area contributed by atoms with E-state index in [2.05, 4.69) is 16.9 Å². The molecule has 5 heteroatoms. The Morgan fingerprint density at radius 1 is 1.59 bits per heavy atom. The molecular weight excluding hydrogens is 240 g/mol. The summed E-state index contributed by atoms with van der Waals surface area (Å²) in [4.78, 5) is 15.5. The summed E-state index contributed by atoms with van der Waals surface area (Å²) in [7, 11) is 0. The van der Waals surface area contributed by atoms with Crippen LogP contribution in [0.3, 0.4) is 0 Å². The number of anilines is 1. The average molecular weight is 255 g/mol. The lowest BCUT2D eigenvalue weighted by molar-refractivity contribution is 0.0636. The molecular formula is C12H15ClN2O2. The van der Waals surface area contributed by atoms with Crippen molar-refractivity contribution < 1.29 is 9.53 Å². The van der Waals surface area contributed by atoms with Gasteiger partial charge in [0, 0.05) is 0 Å². The first-order valence-corrected chi connectivity index (χ1v) is 5.47. The van der Waals surface area contributed by atoms with Gasteiger partial charge in [-0.05, 0) is 32.9 Å². The summed E-state index contributed by atoms with van der Waals surface area (Å²) >= 11 is 5.92. The van der Waals surface area contributed by atoms with Crippen LogP contribution in [0.25, 0.3) is 6.08 Å². The molecule has 4 nitrogen and oxygen atoms in total. The Morgan fingerprint density at radius 2 is 2.24 bits per heavy atom. The number of hydrogen-bond acceptors (Lipinski definition) is 3. The van der Waals surface area contributed by atoms with Crippen LogP contribution in [0.15, 0.2) is 18.8 Å². The molecule has 0 aromatic carbocycles. The molecule has 0 atom stereocenters. The number of ether oxygens (including phenoxy) is 1. The summed E-state index contributed by atoms with van der Waals surface area (Å²) < 4.78 is 5.10. The molecule has 1 N–H and O–H groups in total. The van der Waals surface area contributed by atoms with E-state index >= 15 is 0 Å². The number of nitrogens with one attached hydrogen (secondary N) is 1. The minimum Gasteiger partial charge on any atom is -0.444 e.